The minimum Gasteiger partial charge on any atom is -0.495 e. The molecular weight excluding hydrogens is 448 g/mol. The third kappa shape index (κ3) is 4.21. The second-order valence-corrected chi connectivity index (χ2v) is 8.25. The number of rotatable bonds is 5. The largest absolute Gasteiger partial charge is 0.495 e. The molecule has 9 heteroatoms. The Morgan fingerprint density at radius 3 is 2.41 bits per heavy atom. The van der Waals surface area contributed by atoms with Gasteiger partial charge in [-0.05, 0) is 66.4 Å². The summed E-state index contributed by atoms with van der Waals surface area (Å²) in [5.74, 6) is 0.512. The summed E-state index contributed by atoms with van der Waals surface area (Å²) in [4.78, 5) is 29.2. The summed E-state index contributed by atoms with van der Waals surface area (Å²) in [6.45, 7) is 1.92. The van der Waals surface area contributed by atoms with Crippen LogP contribution >= 0.6 is 23.5 Å². The molecule has 0 saturated carbocycles. The molecule has 32 heavy (non-hydrogen) atoms. The highest BCUT2D eigenvalue weighted by molar-refractivity contribution is 8.00. The number of aromatic amines is 2. The van der Waals surface area contributed by atoms with E-state index in [1.54, 1.807) is 24.3 Å². The van der Waals surface area contributed by atoms with Gasteiger partial charge in [-0.15, -0.1) is 0 Å². The van der Waals surface area contributed by atoms with Crippen LogP contribution in [0.4, 0.5) is 5.69 Å². The lowest BCUT2D eigenvalue weighted by atomic mass is 10.0. The van der Waals surface area contributed by atoms with Crippen LogP contribution < -0.4 is 20.6 Å². The second kappa shape index (κ2) is 8.83. The Morgan fingerprint density at radius 1 is 1.03 bits per heavy atom. The highest BCUT2D eigenvalue weighted by Gasteiger charge is 2.10. The van der Waals surface area contributed by atoms with Gasteiger partial charge >= 0.3 is 11.1 Å². The first-order valence-electron chi connectivity index (χ1n) is 9.47. The average Bonchev–Trinajstić information content (AvgIpc) is 2.78. The van der Waals surface area contributed by atoms with E-state index >= 15 is 0 Å². The lowest BCUT2D eigenvalue weighted by molar-refractivity contribution is 0.413. The summed E-state index contributed by atoms with van der Waals surface area (Å²) in [6, 6.07) is 16.6. The highest BCUT2D eigenvalue weighted by atomic mass is 35.5. The van der Waals surface area contributed by atoms with Crippen molar-refractivity contribution in [3.8, 4) is 22.9 Å². The van der Waals surface area contributed by atoms with Gasteiger partial charge < -0.3 is 19.4 Å². The van der Waals surface area contributed by atoms with Gasteiger partial charge in [-0.2, -0.15) is 5.26 Å². The van der Waals surface area contributed by atoms with E-state index < -0.39 is 11.1 Å². The molecule has 0 aliphatic carbocycles. The van der Waals surface area contributed by atoms with E-state index in [4.69, 9.17) is 16.3 Å². The quantitative estimate of drug-likeness (QED) is 0.288. The van der Waals surface area contributed by atoms with E-state index in [2.05, 4.69) is 20.8 Å². The van der Waals surface area contributed by atoms with Gasteiger partial charge in [0.1, 0.15) is 11.8 Å². The smallest absolute Gasteiger partial charge is 0.314 e. The number of nitriles is 1. The SMILES string of the molecule is COc1ccc(-c2ccc(NSc3cc4[nH]c(=O)c(=O)[nH]c4cc3C)cc2Cl)cc1C#N. The summed E-state index contributed by atoms with van der Waals surface area (Å²) in [6.07, 6.45) is 0. The summed E-state index contributed by atoms with van der Waals surface area (Å²) >= 11 is 7.88. The number of methoxy groups -OCH3 is 1. The lowest BCUT2D eigenvalue weighted by Crippen LogP contribution is -2.28. The molecule has 0 aliphatic rings. The van der Waals surface area contributed by atoms with Gasteiger partial charge in [-0.3, -0.25) is 9.59 Å². The number of ether oxygens (including phenoxy) is 1. The van der Waals surface area contributed by atoms with E-state index in [0.29, 0.717) is 27.4 Å². The van der Waals surface area contributed by atoms with Gasteiger partial charge in [0, 0.05) is 16.1 Å². The zero-order chi connectivity index (χ0) is 22.8. The number of H-pyrrole nitrogens is 2. The number of aryl methyl sites for hydroxylation is 1. The molecule has 3 aromatic carbocycles. The van der Waals surface area contributed by atoms with Gasteiger partial charge in [0.2, 0.25) is 0 Å². The highest BCUT2D eigenvalue weighted by Crippen LogP contribution is 2.34. The Bertz CT molecular complexity index is 1500. The molecule has 0 saturated heterocycles. The van der Waals surface area contributed by atoms with Crippen molar-refractivity contribution in [2.75, 3.05) is 11.8 Å². The van der Waals surface area contributed by atoms with Crippen molar-refractivity contribution in [2.24, 2.45) is 0 Å². The van der Waals surface area contributed by atoms with Crippen LogP contribution in [0.3, 0.4) is 0 Å². The third-order valence-corrected chi connectivity index (χ3v) is 6.21. The molecule has 0 atom stereocenters. The van der Waals surface area contributed by atoms with E-state index in [1.165, 1.54) is 19.1 Å². The molecule has 7 nitrogen and oxygen atoms in total. The zero-order valence-corrected chi connectivity index (χ0v) is 18.6. The zero-order valence-electron chi connectivity index (χ0n) is 17.1. The number of hydrogen-bond donors (Lipinski definition) is 3. The molecule has 160 valence electrons. The van der Waals surface area contributed by atoms with Gasteiger partial charge in [0.15, 0.2) is 0 Å². The maximum Gasteiger partial charge on any atom is 0.314 e. The van der Waals surface area contributed by atoms with E-state index in [1.807, 2.05) is 31.2 Å². The predicted octanol–water partition coefficient (Wildman–Crippen LogP) is 4.84. The van der Waals surface area contributed by atoms with Crippen LogP contribution in [-0.4, -0.2) is 17.1 Å². The molecule has 0 bridgehead atoms. The second-order valence-electron chi connectivity index (χ2n) is 7.00. The number of anilines is 1. The Morgan fingerprint density at radius 2 is 1.75 bits per heavy atom. The van der Waals surface area contributed by atoms with Crippen molar-refractivity contribution in [2.45, 2.75) is 11.8 Å². The van der Waals surface area contributed by atoms with Crippen LogP contribution in [0.5, 0.6) is 5.75 Å². The van der Waals surface area contributed by atoms with Crippen molar-refractivity contribution in [3.63, 3.8) is 0 Å². The van der Waals surface area contributed by atoms with Crippen molar-refractivity contribution in [3.05, 3.63) is 85.4 Å². The maximum atomic E-state index is 11.6. The molecular formula is C23H17ClN4O3S. The first-order chi connectivity index (χ1) is 15.4. The fraction of sp³-hybridized carbons (Fsp3) is 0.0870. The van der Waals surface area contributed by atoms with Crippen LogP contribution in [0.15, 0.2) is 63.0 Å². The van der Waals surface area contributed by atoms with Crippen molar-refractivity contribution < 1.29 is 4.74 Å². The molecule has 0 aliphatic heterocycles. The Hall–Kier alpha value is -3.67. The van der Waals surface area contributed by atoms with Crippen molar-refractivity contribution in [1.82, 2.24) is 9.97 Å². The van der Waals surface area contributed by atoms with Crippen LogP contribution in [-0.2, 0) is 0 Å². The number of nitrogens with zero attached hydrogens (tertiary/aromatic N) is 1. The topological polar surface area (TPSA) is 111 Å². The van der Waals surface area contributed by atoms with Crippen LogP contribution in [0, 0.1) is 18.3 Å². The molecule has 1 aromatic heterocycles. The monoisotopic (exact) mass is 464 g/mol. The normalized spacial score (nSPS) is 10.7. The van der Waals surface area contributed by atoms with Crippen LogP contribution in [0.1, 0.15) is 11.1 Å². The molecule has 1 heterocycles. The molecule has 0 radical (unpaired) electrons. The molecule has 0 unspecified atom stereocenters. The number of benzene rings is 3. The summed E-state index contributed by atoms with van der Waals surface area (Å²) in [5.41, 5.74) is 3.51. The van der Waals surface area contributed by atoms with Crippen LogP contribution in [0.2, 0.25) is 5.02 Å². The van der Waals surface area contributed by atoms with E-state index in [0.717, 1.165) is 27.3 Å². The Kier molecular flexibility index (Phi) is 5.95. The summed E-state index contributed by atoms with van der Waals surface area (Å²) < 4.78 is 8.44. The first kappa shape index (κ1) is 21.6. The molecule has 4 aromatic rings. The fourth-order valence-corrected chi connectivity index (χ4v) is 4.29. The van der Waals surface area contributed by atoms with Gasteiger partial charge in [-0.1, -0.05) is 23.7 Å². The predicted molar refractivity (Wildman–Crippen MR) is 128 cm³/mol. The number of halogens is 1. The van der Waals surface area contributed by atoms with Gasteiger partial charge in [-0.25, -0.2) is 0 Å². The number of nitrogens with one attached hydrogen (secondary N) is 3. The average molecular weight is 465 g/mol. The lowest BCUT2D eigenvalue weighted by Gasteiger charge is -2.12. The fourth-order valence-electron chi connectivity index (χ4n) is 3.25. The van der Waals surface area contributed by atoms with Crippen LogP contribution in [0.25, 0.3) is 22.2 Å². The molecule has 3 N–H and O–H groups in total. The van der Waals surface area contributed by atoms with Gasteiger partial charge in [0.05, 0.1) is 28.7 Å². The third-order valence-electron chi connectivity index (χ3n) is 4.90. The molecule has 0 spiro atoms. The molecule has 4 rings (SSSR count). The minimum absolute atomic E-state index is 0.435. The number of hydrogen-bond acceptors (Lipinski definition) is 6. The Balaban J connectivity index is 1.58. The molecule has 0 amide bonds. The Labute approximate surface area is 192 Å². The maximum absolute atomic E-state index is 11.6. The van der Waals surface area contributed by atoms with E-state index in [9.17, 15) is 14.9 Å². The van der Waals surface area contributed by atoms with Crippen molar-refractivity contribution >= 4 is 40.3 Å². The summed E-state index contributed by atoms with van der Waals surface area (Å²) in [5, 5.41) is 9.85. The summed E-state index contributed by atoms with van der Waals surface area (Å²) in [7, 11) is 1.52. The standard InChI is InChI=1S/C23H17ClN4O3S/c1-12-7-18-19(27-23(30)22(29)26-18)10-21(12)32-28-15-4-5-16(17(24)9-15)13-3-6-20(31-2)14(8-13)11-25/h3-10,28H,1-2H3,(H,26,29)(H,27,30). The number of fused-ring (bicyclic) bond motifs is 1. The van der Waals surface area contributed by atoms with E-state index in [-0.39, 0.29) is 0 Å². The molecule has 0 fully saturated rings. The van der Waals surface area contributed by atoms with Crippen molar-refractivity contribution in [1.29, 1.82) is 5.26 Å². The first-order valence-corrected chi connectivity index (χ1v) is 10.7. The van der Waals surface area contributed by atoms with Gasteiger partial charge in [0.25, 0.3) is 0 Å². The minimum atomic E-state index is -0.689. The number of aromatic nitrogens is 2.